The van der Waals surface area contributed by atoms with Gasteiger partial charge in [-0.3, -0.25) is 9.69 Å². The second-order valence-electron chi connectivity index (χ2n) is 5.75. The molecule has 1 aliphatic heterocycles. The van der Waals surface area contributed by atoms with Gasteiger partial charge in [-0.1, -0.05) is 23.8 Å². The van der Waals surface area contributed by atoms with Crippen molar-refractivity contribution in [1.82, 2.24) is 0 Å². The minimum Gasteiger partial charge on any atom is -0.277 e. The largest absolute Gasteiger partial charge is 0.277 e. The summed E-state index contributed by atoms with van der Waals surface area (Å²) in [6, 6.07) is 5.80. The number of halogens is 1. The number of carbonyl (C=O) groups is 1. The van der Waals surface area contributed by atoms with Crippen LogP contribution in [-0.2, 0) is 11.2 Å². The lowest BCUT2D eigenvalue weighted by molar-refractivity contribution is -0.114. The Bertz CT molecular complexity index is 699. The van der Waals surface area contributed by atoms with Gasteiger partial charge >= 0.3 is 0 Å². The summed E-state index contributed by atoms with van der Waals surface area (Å²) < 4.78 is 0. The zero-order valence-corrected chi connectivity index (χ0v) is 13.6. The molecule has 3 heteroatoms. The van der Waals surface area contributed by atoms with E-state index in [-0.39, 0.29) is 5.91 Å². The van der Waals surface area contributed by atoms with Gasteiger partial charge < -0.3 is 0 Å². The van der Waals surface area contributed by atoms with Crippen LogP contribution < -0.4 is 4.90 Å². The van der Waals surface area contributed by atoms with Crippen molar-refractivity contribution >= 4 is 23.2 Å². The summed E-state index contributed by atoms with van der Waals surface area (Å²) in [6.45, 7) is 5.77. The summed E-state index contributed by atoms with van der Waals surface area (Å²) in [7, 11) is 0. The van der Waals surface area contributed by atoms with Gasteiger partial charge in [-0.15, -0.1) is 6.58 Å². The molecule has 0 N–H and O–H groups in total. The molecule has 0 radical (unpaired) electrons. The minimum atomic E-state index is 0.134. The molecule has 0 bridgehead atoms. The van der Waals surface area contributed by atoms with Crippen LogP contribution in [0.5, 0.6) is 0 Å². The summed E-state index contributed by atoms with van der Waals surface area (Å²) in [5.74, 6) is 0.134. The van der Waals surface area contributed by atoms with Crippen molar-refractivity contribution < 1.29 is 4.79 Å². The number of hydrogen-bond donors (Lipinski definition) is 0. The number of benzene rings is 1. The predicted molar refractivity (Wildman–Crippen MR) is 92.1 cm³/mol. The molecule has 0 fully saturated rings. The maximum Gasteiger partial charge on any atom is 0.259 e. The van der Waals surface area contributed by atoms with Crippen LogP contribution in [0.2, 0.25) is 5.02 Å². The van der Waals surface area contributed by atoms with Crippen molar-refractivity contribution in [2.75, 3.05) is 4.90 Å². The Labute approximate surface area is 136 Å². The van der Waals surface area contributed by atoms with Crippen molar-refractivity contribution in [3.05, 3.63) is 64.4 Å². The highest BCUT2D eigenvalue weighted by molar-refractivity contribution is 6.31. The first-order valence-corrected chi connectivity index (χ1v) is 8.17. The van der Waals surface area contributed by atoms with E-state index in [0.717, 1.165) is 46.8 Å². The molecule has 0 unspecified atom stereocenters. The molecule has 3 rings (SSSR count). The van der Waals surface area contributed by atoms with Gasteiger partial charge in [-0.05, 0) is 68.4 Å². The zero-order valence-electron chi connectivity index (χ0n) is 12.9. The summed E-state index contributed by atoms with van der Waals surface area (Å²) >= 11 is 6.23. The lowest BCUT2D eigenvalue weighted by atomic mass is 9.92. The first-order chi connectivity index (χ1) is 10.7. The van der Waals surface area contributed by atoms with Crippen LogP contribution in [0.1, 0.15) is 38.2 Å². The highest BCUT2D eigenvalue weighted by Gasteiger charge is 2.36. The van der Waals surface area contributed by atoms with Crippen LogP contribution in [0.4, 0.5) is 5.69 Å². The van der Waals surface area contributed by atoms with E-state index < -0.39 is 0 Å². The third-order valence-corrected chi connectivity index (χ3v) is 4.77. The number of amides is 1. The molecule has 2 nitrogen and oxygen atoms in total. The quantitative estimate of drug-likeness (QED) is 0.703. The van der Waals surface area contributed by atoms with E-state index >= 15 is 0 Å². The molecule has 1 aromatic rings. The molecule has 0 saturated heterocycles. The predicted octanol–water partition coefficient (Wildman–Crippen LogP) is 5.19. The fraction of sp³-hybridized carbons (Fsp3) is 0.316. The lowest BCUT2D eigenvalue weighted by Gasteiger charge is -2.21. The average Bonchev–Trinajstić information content (AvgIpc) is 2.82. The number of hydrogen-bond acceptors (Lipinski definition) is 1. The molecule has 0 saturated carbocycles. The summed E-state index contributed by atoms with van der Waals surface area (Å²) in [5, 5.41) is 0.718. The molecule has 1 heterocycles. The van der Waals surface area contributed by atoms with Gasteiger partial charge in [-0.2, -0.15) is 0 Å². The van der Waals surface area contributed by atoms with Crippen molar-refractivity contribution in [3.63, 3.8) is 0 Å². The molecular formula is C19H20ClNO. The van der Waals surface area contributed by atoms with E-state index in [1.807, 2.05) is 42.2 Å². The van der Waals surface area contributed by atoms with Crippen molar-refractivity contribution in [2.45, 2.75) is 39.0 Å². The lowest BCUT2D eigenvalue weighted by Crippen LogP contribution is -2.25. The van der Waals surface area contributed by atoms with Gasteiger partial charge in [0.15, 0.2) is 0 Å². The Morgan fingerprint density at radius 1 is 1.27 bits per heavy atom. The number of carbonyl (C=O) groups excluding carboxylic acids is 1. The average molecular weight is 314 g/mol. The topological polar surface area (TPSA) is 20.3 Å². The fourth-order valence-electron chi connectivity index (χ4n) is 3.38. The van der Waals surface area contributed by atoms with Crippen LogP contribution in [-0.4, -0.2) is 5.91 Å². The third-order valence-electron chi connectivity index (χ3n) is 4.40. The summed E-state index contributed by atoms with van der Waals surface area (Å²) in [6.07, 6.45) is 8.76. The number of nitrogens with zero attached hydrogens (tertiary/aromatic N) is 1. The minimum absolute atomic E-state index is 0.134. The van der Waals surface area contributed by atoms with Gasteiger partial charge in [0.2, 0.25) is 0 Å². The smallest absolute Gasteiger partial charge is 0.259 e. The second kappa shape index (κ2) is 6.13. The van der Waals surface area contributed by atoms with E-state index in [1.54, 1.807) is 0 Å². The molecule has 22 heavy (non-hydrogen) atoms. The monoisotopic (exact) mass is 313 g/mol. The number of rotatable bonds is 3. The third kappa shape index (κ3) is 2.42. The van der Waals surface area contributed by atoms with Crippen molar-refractivity contribution in [3.8, 4) is 0 Å². The van der Waals surface area contributed by atoms with Crippen molar-refractivity contribution in [1.29, 1.82) is 0 Å². The van der Waals surface area contributed by atoms with Gasteiger partial charge in [0.05, 0.1) is 0 Å². The molecule has 114 valence electrons. The molecule has 0 aromatic heterocycles. The Balaban J connectivity index is 2.04. The summed E-state index contributed by atoms with van der Waals surface area (Å²) in [5.41, 5.74) is 5.18. The van der Waals surface area contributed by atoms with Crippen LogP contribution in [0, 0.1) is 0 Å². The Kier molecular flexibility index (Phi) is 4.21. The molecule has 2 aliphatic rings. The molecule has 1 aliphatic carbocycles. The Morgan fingerprint density at radius 3 is 2.68 bits per heavy atom. The standard InChI is InChI=1S/C19H20ClNO/c1-3-7-13-12-14(10-11-17(13)20)21-18(4-2)15-8-5-6-9-16(15)19(21)22/h3-4,10-12H,1,5-9H2,2H3. The second-order valence-corrected chi connectivity index (χ2v) is 6.15. The van der Waals surface area contributed by atoms with Gasteiger partial charge in [0.25, 0.3) is 5.91 Å². The molecule has 1 amide bonds. The number of allylic oxidation sites excluding steroid dienone is 3. The normalized spacial score (nSPS) is 19.8. The highest BCUT2D eigenvalue weighted by atomic mass is 35.5. The van der Waals surface area contributed by atoms with E-state index in [0.29, 0.717) is 6.42 Å². The van der Waals surface area contributed by atoms with Crippen LogP contribution in [0.3, 0.4) is 0 Å². The zero-order chi connectivity index (χ0) is 15.7. The van der Waals surface area contributed by atoms with E-state index in [9.17, 15) is 4.79 Å². The molecule has 0 spiro atoms. The Hall–Kier alpha value is -1.80. The van der Waals surface area contributed by atoms with Gasteiger partial charge in [0.1, 0.15) is 0 Å². The van der Waals surface area contributed by atoms with E-state index in [4.69, 9.17) is 11.6 Å². The molecule has 1 aromatic carbocycles. The van der Waals surface area contributed by atoms with Crippen LogP contribution >= 0.6 is 11.6 Å². The maximum absolute atomic E-state index is 12.8. The molecule has 0 atom stereocenters. The van der Waals surface area contributed by atoms with Crippen molar-refractivity contribution in [2.24, 2.45) is 0 Å². The highest BCUT2D eigenvalue weighted by Crippen LogP contribution is 2.41. The summed E-state index contributed by atoms with van der Waals surface area (Å²) in [4.78, 5) is 14.7. The van der Waals surface area contributed by atoms with E-state index in [2.05, 4.69) is 6.58 Å². The fourth-order valence-corrected chi connectivity index (χ4v) is 3.57. The SMILES string of the molecule is C=CCc1cc(N2C(=O)C3=C(CCCC3)C2=CC)ccc1Cl. The van der Waals surface area contributed by atoms with E-state index in [1.165, 1.54) is 12.0 Å². The Morgan fingerprint density at radius 2 is 2.00 bits per heavy atom. The van der Waals surface area contributed by atoms with Gasteiger partial charge in [0, 0.05) is 22.0 Å². The first kappa shape index (κ1) is 15.1. The van der Waals surface area contributed by atoms with Crippen LogP contribution in [0.25, 0.3) is 0 Å². The van der Waals surface area contributed by atoms with Crippen LogP contribution in [0.15, 0.2) is 53.8 Å². The molecular weight excluding hydrogens is 294 g/mol. The number of anilines is 1. The van der Waals surface area contributed by atoms with Gasteiger partial charge in [-0.25, -0.2) is 0 Å². The first-order valence-electron chi connectivity index (χ1n) is 7.80. The maximum atomic E-state index is 12.8.